The highest BCUT2D eigenvalue weighted by Crippen LogP contribution is 2.40. The summed E-state index contributed by atoms with van der Waals surface area (Å²) in [4.78, 5) is 0. The van der Waals surface area contributed by atoms with Gasteiger partial charge in [-0.05, 0) is 36.5 Å². The minimum atomic E-state index is -1.66. The SMILES string of the molecule is C#CC(C)C1C=C(O[Si](C)(C)C(C)(C)C)CC1. The van der Waals surface area contributed by atoms with Crippen molar-refractivity contribution in [3.8, 4) is 12.3 Å². The Morgan fingerprint density at radius 3 is 2.53 bits per heavy atom. The molecule has 0 aromatic carbocycles. The van der Waals surface area contributed by atoms with Gasteiger partial charge in [-0.15, -0.1) is 12.3 Å². The molecule has 1 aliphatic rings. The van der Waals surface area contributed by atoms with Crippen molar-refractivity contribution < 1.29 is 4.43 Å². The predicted molar refractivity (Wildman–Crippen MR) is 77.1 cm³/mol. The van der Waals surface area contributed by atoms with Crippen LogP contribution in [0.2, 0.25) is 18.1 Å². The monoisotopic (exact) mass is 250 g/mol. The van der Waals surface area contributed by atoms with E-state index >= 15 is 0 Å². The molecule has 0 aromatic rings. The first-order valence-electron chi connectivity index (χ1n) is 6.53. The second-order valence-electron chi connectivity index (χ2n) is 6.65. The van der Waals surface area contributed by atoms with Crippen LogP contribution in [0.25, 0.3) is 0 Å². The molecule has 0 saturated heterocycles. The maximum Gasteiger partial charge on any atom is 0.250 e. The van der Waals surface area contributed by atoms with Crippen LogP contribution < -0.4 is 0 Å². The van der Waals surface area contributed by atoms with Crippen molar-refractivity contribution in [2.75, 3.05) is 0 Å². The minimum Gasteiger partial charge on any atom is -0.547 e. The van der Waals surface area contributed by atoms with E-state index in [1.54, 1.807) is 0 Å². The molecular weight excluding hydrogens is 224 g/mol. The maximum absolute atomic E-state index is 6.32. The van der Waals surface area contributed by atoms with Gasteiger partial charge in [0.2, 0.25) is 8.32 Å². The Balaban J connectivity index is 2.70. The van der Waals surface area contributed by atoms with E-state index in [1.165, 1.54) is 5.76 Å². The number of hydrogen-bond acceptors (Lipinski definition) is 1. The van der Waals surface area contributed by atoms with Crippen molar-refractivity contribution in [2.24, 2.45) is 11.8 Å². The minimum absolute atomic E-state index is 0.268. The number of allylic oxidation sites excluding steroid dienone is 2. The molecule has 0 radical (unpaired) electrons. The zero-order valence-corrected chi connectivity index (χ0v) is 13.1. The zero-order chi connectivity index (χ0) is 13.3. The molecule has 1 aliphatic carbocycles. The fourth-order valence-electron chi connectivity index (χ4n) is 1.80. The molecule has 2 atom stereocenters. The van der Waals surface area contributed by atoms with Crippen molar-refractivity contribution in [3.63, 3.8) is 0 Å². The van der Waals surface area contributed by atoms with Gasteiger partial charge in [0.1, 0.15) is 0 Å². The smallest absolute Gasteiger partial charge is 0.250 e. The van der Waals surface area contributed by atoms with Crippen molar-refractivity contribution >= 4 is 8.32 Å². The first-order valence-corrected chi connectivity index (χ1v) is 9.44. The molecule has 0 aromatic heterocycles. The first kappa shape index (κ1) is 14.4. The summed E-state index contributed by atoms with van der Waals surface area (Å²) >= 11 is 0. The Morgan fingerprint density at radius 1 is 1.47 bits per heavy atom. The second-order valence-corrected chi connectivity index (χ2v) is 11.4. The third-order valence-corrected chi connectivity index (χ3v) is 8.61. The van der Waals surface area contributed by atoms with Crippen LogP contribution in [0.15, 0.2) is 11.8 Å². The van der Waals surface area contributed by atoms with E-state index in [1.807, 2.05) is 0 Å². The molecule has 1 rings (SSSR count). The summed E-state index contributed by atoms with van der Waals surface area (Å²) in [6.07, 6.45) is 9.96. The van der Waals surface area contributed by atoms with Gasteiger partial charge in [-0.25, -0.2) is 0 Å². The van der Waals surface area contributed by atoms with E-state index in [2.05, 4.69) is 52.8 Å². The largest absolute Gasteiger partial charge is 0.547 e. The van der Waals surface area contributed by atoms with Gasteiger partial charge in [0, 0.05) is 12.3 Å². The van der Waals surface area contributed by atoms with Crippen molar-refractivity contribution in [1.29, 1.82) is 0 Å². The van der Waals surface area contributed by atoms with Crippen LogP contribution in [0, 0.1) is 24.2 Å². The molecule has 2 unspecified atom stereocenters. The summed E-state index contributed by atoms with van der Waals surface area (Å²) in [6, 6.07) is 0. The maximum atomic E-state index is 6.32. The van der Waals surface area contributed by atoms with Crippen molar-refractivity contribution in [3.05, 3.63) is 11.8 Å². The van der Waals surface area contributed by atoms with E-state index in [4.69, 9.17) is 10.8 Å². The topological polar surface area (TPSA) is 9.23 Å². The van der Waals surface area contributed by atoms with E-state index in [9.17, 15) is 0 Å². The molecule has 0 bridgehead atoms. The number of hydrogen-bond donors (Lipinski definition) is 0. The molecule has 2 heteroatoms. The van der Waals surface area contributed by atoms with Gasteiger partial charge in [-0.3, -0.25) is 0 Å². The summed E-state index contributed by atoms with van der Waals surface area (Å²) in [5, 5.41) is 0.268. The Hall–Kier alpha value is -0.683. The van der Waals surface area contributed by atoms with Gasteiger partial charge in [-0.2, -0.15) is 0 Å². The Labute approximate surface area is 108 Å². The van der Waals surface area contributed by atoms with Crippen LogP contribution in [0.5, 0.6) is 0 Å². The summed E-state index contributed by atoms with van der Waals surface area (Å²) in [7, 11) is -1.66. The van der Waals surface area contributed by atoms with Gasteiger partial charge in [0.15, 0.2) is 0 Å². The molecule has 1 nitrogen and oxygen atoms in total. The van der Waals surface area contributed by atoms with E-state index in [0.29, 0.717) is 11.8 Å². The van der Waals surface area contributed by atoms with Crippen LogP contribution in [0.1, 0.15) is 40.5 Å². The van der Waals surface area contributed by atoms with Gasteiger partial charge in [0.25, 0.3) is 0 Å². The molecule has 0 spiro atoms. The molecule has 0 fully saturated rings. The molecule has 0 N–H and O–H groups in total. The van der Waals surface area contributed by atoms with E-state index in [-0.39, 0.29) is 5.04 Å². The van der Waals surface area contributed by atoms with Gasteiger partial charge in [0.05, 0.1) is 5.76 Å². The highest BCUT2D eigenvalue weighted by molar-refractivity contribution is 6.74. The average molecular weight is 250 g/mol. The van der Waals surface area contributed by atoms with Gasteiger partial charge in [-0.1, -0.05) is 27.7 Å². The van der Waals surface area contributed by atoms with Crippen molar-refractivity contribution in [2.45, 2.75) is 58.7 Å². The van der Waals surface area contributed by atoms with Crippen LogP contribution >= 0.6 is 0 Å². The number of terminal acetylenes is 1. The first-order chi connectivity index (χ1) is 7.67. The van der Waals surface area contributed by atoms with E-state index in [0.717, 1.165) is 12.8 Å². The third-order valence-electron chi connectivity index (χ3n) is 4.22. The van der Waals surface area contributed by atoms with Crippen LogP contribution in [-0.2, 0) is 4.43 Å². The Bertz CT molecular complexity index is 341. The molecular formula is C15H26OSi. The lowest BCUT2D eigenvalue weighted by Crippen LogP contribution is -2.40. The lowest BCUT2D eigenvalue weighted by atomic mass is 9.95. The zero-order valence-electron chi connectivity index (χ0n) is 12.1. The van der Waals surface area contributed by atoms with Crippen LogP contribution in [0.4, 0.5) is 0 Å². The predicted octanol–water partition coefficient (Wildman–Crippen LogP) is 4.57. The molecule has 0 saturated carbocycles. The summed E-state index contributed by atoms with van der Waals surface area (Å²) in [5.74, 6) is 4.86. The highest BCUT2D eigenvalue weighted by Gasteiger charge is 2.40. The fraction of sp³-hybridized carbons (Fsp3) is 0.733. The highest BCUT2D eigenvalue weighted by atomic mass is 28.4. The van der Waals surface area contributed by atoms with Crippen LogP contribution in [0.3, 0.4) is 0 Å². The quantitative estimate of drug-likeness (QED) is 0.526. The lowest BCUT2D eigenvalue weighted by Gasteiger charge is -2.36. The molecule has 0 heterocycles. The van der Waals surface area contributed by atoms with Gasteiger partial charge >= 0.3 is 0 Å². The average Bonchev–Trinajstić information content (AvgIpc) is 2.62. The molecule has 96 valence electrons. The lowest BCUT2D eigenvalue weighted by molar-refractivity contribution is 0.372. The normalized spacial score (nSPS) is 22.9. The fourth-order valence-corrected chi connectivity index (χ4v) is 2.93. The summed E-state index contributed by atoms with van der Waals surface area (Å²) < 4.78 is 6.32. The Kier molecular flexibility index (Phi) is 4.14. The van der Waals surface area contributed by atoms with Crippen molar-refractivity contribution in [1.82, 2.24) is 0 Å². The molecule has 0 amide bonds. The molecule has 0 aliphatic heterocycles. The number of rotatable bonds is 3. The van der Waals surface area contributed by atoms with E-state index < -0.39 is 8.32 Å². The Morgan fingerprint density at radius 2 is 2.06 bits per heavy atom. The van der Waals surface area contributed by atoms with Crippen LogP contribution in [-0.4, -0.2) is 8.32 Å². The van der Waals surface area contributed by atoms with Gasteiger partial charge < -0.3 is 4.43 Å². The standard InChI is InChI=1S/C15H26OSi/c1-8-12(2)13-9-10-14(11-13)16-17(6,7)15(3,4)5/h1,11-13H,9-10H2,2-7H3. The second kappa shape index (κ2) is 4.90. The molecule has 17 heavy (non-hydrogen) atoms. The third kappa shape index (κ3) is 3.39. The summed E-state index contributed by atoms with van der Waals surface area (Å²) in [5.41, 5.74) is 0. The summed E-state index contributed by atoms with van der Waals surface area (Å²) in [6.45, 7) is 13.5.